The Bertz CT molecular complexity index is 358. The molecular formula is C9H10F3NOS. The Balaban J connectivity index is 2.64. The molecule has 1 atom stereocenters. The van der Waals surface area contributed by atoms with Crippen LogP contribution in [-0.2, 0) is 4.79 Å². The maximum atomic E-state index is 11.9. The molecule has 84 valence electrons. The van der Waals surface area contributed by atoms with Gasteiger partial charge in [-0.1, -0.05) is 0 Å². The molecule has 1 heterocycles. The van der Waals surface area contributed by atoms with Crippen LogP contribution in [0, 0.1) is 6.92 Å². The number of hydrogen-bond donors (Lipinski definition) is 1. The number of halogens is 3. The fourth-order valence-corrected chi connectivity index (χ4v) is 1.92. The smallest absolute Gasteiger partial charge is 0.341 e. The summed E-state index contributed by atoms with van der Waals surface area (Å²) >= 11 is 1.37. The number of rotatable bonds is 2. The monoisotopic (exact) mass is 237 g/mol. The summed E-state index contributed by atoms with van der Waals surface area (Å²) in [6.07, 6.45) is -4.82. The second-order valence-corrected chi connectivity index (χ2v) is 4.46. The lowest BCUT2D eigenvalue weighted by Gasteiger charge is -2.13. The highest BCUT2D eigenvalue weighted by Gasteiger charge is 2.39. The Hall–Kier alpha value is -1.04. The first-order chi connectivity index (χ1) is 6.80. The van der Waals surface area contributed by atoms with Crippen molar-refractivity contribution in [1.82, 2.24) is 5.32 Å². The normalized spacial score (nSPS) is 13.7. The van der Waals surface area contributed by atoms with Crippen molar-refractivity contribution in [3.8, 4) is 0 Å². The largest absolute Gasteiger partial charge is 0.471 e. The average molecular weight is 237 g/mol. The van der Waals surface area contributed by atoms with Crippen molar-refractivity contribution >= 4 is 17.2 Å². The van der Waals surface area contributed by atoms with Gasteiger partial charge in [-0.05, 0) is 26.0 Å². The molecule has 0 bridgehead atoms. The van der Waals surface area contributed by atoms with Crippen LogP contribution < -0.4 is 5.32 Å². The van der Waals surface area contributed by atoms with E-state index >= 15 is 0 Å². The molecule has 0 spiro atoms. The molecule has 0 aliphatic carbocycles. The van der Waals surface area contributed by atoms with Crippen LogP contribution in [0.2, 0.25) is 0 Å². The second kappa shape index (κ2) is 4.22. The first-order valence-corrected chi connectivity index (χ1v) is 5.06. The number of aryl methyl sites for hydroxylation is 1. The fraction of sp³-hybridized carbons (Fsp3) is 0.444. The highest BCUT2D eigenvalue weighted by molar-refractivity contribution is 7.12. The summed E-state index contributed by atoms with van der Waals surface area (Å²) in [5.74, 6) is -1.90. The molecule has 1 amide bonds. The zero-order valence-corrected chi connectivity index (χ0v) is 9.00. The van der Waals surface area contributed by atoms with Gasteiger partial charge in [-0.2, -0.15) is 13.2 Å². The van der Waals surface area contributed by atoms with E-state index in [1.807, 2.05) is 12.2 Å². The van der Waals surface area contributed by atoms with Gasteiger partial charge in [0.1, 0.15) is 0 Å². The third-order valence-electron chi connectivity index (χ3n) is 1.79. The van der Waals surface area contributed by atoms with Gasteiger partial charge in [-0.15, -0.1) is 11.3 Å². The number of amides is 1. The predicted octanol–water partition coefficient (Wildman–Crippen LogP) is 2.80. The average Bonchev–Trinajstić information content (AvgIpc) is 2.50. The molecule has 0 radical (unpaired) electrons. The lowest BCUT2D eigenvalue weighted by atomic mass is 10.2. The van der Waals surface area contributed by atoms with Crippen molar-refractivity contribution in [2.24, 2.45) is 0 Å². The molecule has 1 aromatic heterocycles. The molecule has 6 heteroatoms. The Morgan fingerprint density at radius 2 is 2.07 bits per heavy atom. The molecular weight excluding hydrogens is 227 g/mol. The number of carbonyl (C=O) groups excluding carboxylic acids is 1. The second-order valence-electron chi connectivity index (χ2n) is 3.14. The van der Waals surface area contributed by atoms with Gasteiger partial charge in [0.25, 0.3) is 0 Å². The van der Waals surface area contributed by atoms with Gasteiger partial charge >= 0.3 is 12.1 Å². The summed E-state index contributed by atoms with van der Waals surface area (Å²) < 4.78 is 35.8. The third kappa shape index (κ3) is 3.23. The number of carbonyl (C=O) groups is 1. The molecule has 1 aromatic rings. The minimum atomic E-state index is -4.82. The SMILES string of the molecule is Cc1ccc(C(C)NC(=O)C(F)(F)F)s1. The van der Waals surface area contributed by atoms with Crippen LogP contribution in [0.3, 0.4) is 0 Å². The summed E-state index contributed by atoms with van der Waals surface area (Å²) in [4.78, 5) is 12.3. The number of hydrogen-bond acceptors (Lipinski definition) is 2. The minimum Gasteiger partial charge on any atom is -0.341 e. The summed E-state index contributed by atoms with van der Waals surface area (Å²) in [7, 11) is 0. The first-order valence-electron chi connectivity index (χ1n) is 4.24. The van der Waals surface area contributed by atoms with Gasteiger partial charge in [-0.3, -0.25) is 4.79 Å². The summed E-state index contributed by atoms with van der Waals surface area (Å²) in [6.45, 7) is 3.38. The predicted molar refractivity (Wildman–Crippen MR) is 51.7 cm³/mol. The molecule has 0 fully saturated rings. The van der Waals surface area contributed by atoms with Crippen molar-refractivity contribution in [3.05, 3.63) is 21.9 Å². The van der Waals surface area contributed by atoms with Crippen molar-refractivity contribution < 1.29 is 18.0 Å². The standard InChI is InChI=1S/C9H10F3NOS/c1-5-3-4-7(15-5)6(2)13-8(14)9(10,11)12/h3-4,6H,1-2H3,(H,13,14). The van der Waals surface area contributed by atoms with Gasteiger partial charge in [0.15, 0.2) is 0 Å². The maximum Gasteiger partial charge on any atom is 0.471 e. The van der Waals surface area contributed by atoms with Crippen molar-refractivity contribution in [2.45, 2.75) is 26.1 Å². The van der Waals surface area contributed by atoms with Crippen LogP contribution in [0.1, 0.15) is 22.7 Å². The zero-order chi connectivity index (χ0) is 11.6. The Morgan fingerprint density at radius 1 is 1.47 bits per heavy atom. The van der Waals surface area contributed by atoms with Crippen LogP contribution in [0.4, 0.5) is 13.2 Å². The van der Waals surface area contributed by atoms with E-state index in [1.54, 1.807) is 12.1 Å². The van der Waals surface area contributed by atoms with Crippen molar-refractivity contribution in [1.29, 1.82) is 0 Å². The van der Waals surface area contributed by atoms with Gasteiger partial charge in [-0.25, -0.2) is 0 Å². The Kier molecular flexibility index (Phi) is 3.38. The van der Waals surface area contributed by atoms with Gasteiger partial charge in [0.05, 0.1) is 6.04 Å². The van der Waals surface area contributed by atoms with Gasteiger partial charge < -0.3 is 5.32 Å². The van der Waals surface area contributed by atoms with Crippen LogP contribution in [0.15, 0.2) is 12.1 Å². The van der Waals surface area contributed by atoms with E-state index in [4.69, 9.17) is 0 Å². The molecule has 0 saturated carbocycles. The molecule has 2 nitrogen and oxygen atoms in total. The fourth-order valence-electron chi connectivity index (χ4n) is 1.04. The summed E-state index contributed by atoms with van der Waals surface area (Å²) in [6, 6.07) is 2.90. The topological polar surface area (TPSA) is 29.1 Å². The maximum absolute atomic E-state index is 11.9. The zero-order valence-electron chi connectivity index (χ0n) is 8.18. The molecule has 1 N–H and O–H groups in total. The van der Waals surface area contributed by atoms with Crippen LogP contribution >= 0.6 is 11.3 Å². The molecule has 0 aliphatic heterocycles. The lowest BCUT2D eigenvalue weighted by molar-refractivity contribution is -0.174. The van der Waals surface area contributed by atoms with E-state index in [0.717, 1.165) is 4.88 Å². The Labute approximate surface area is 89.1 Å². The van der Waals surface area contributed by atoms with Crippen molar-refractivity contribution in [2.75, 3.05) is 0 Å². The lowest BCUT2D eigenvalue weighted by Crippen LogP contribution is -2.37. The number of nitrogens with one attached hydrogen (secondary N) is 1. The van der Waals surface area contributed by atoms with E-state index in [-0.39, 0.29) is 0 Å². The van der Waals surface area contributed by atoms with E-state index in [0.29, 0.717) is 4.88 Å². The van der Waals surface area contributed by atoms with E-state index in [2.05, 4.69) is 0 Å². The molecule has 1 unspecified atom stereocenters. The first kappa shape index (κ1) is 12.0. The van der Waals surface area contributed by atoms with E-state index in [9.17, 15) is 18.0 Å². The van der Waals surface area contributed by atoms with Gasteiger partial charge in [0, 0.05) is 9.75 Å². The van der Waals surface area contributed by atoms with E-state index in [1.165, 1.54) is 18.3 Å². The molecule has 1 rings (SSSR count). The van der Waals surface area contributed by atoms with Gasteiger partial charge in [0.2, 0.25) is 0 Å². The Morgan fingerprint density at radius 3 is 2.47 bits per heavy atom. The molecule has 0 aliphatic rings. The van der Waals surface area contributed by atoms with Crippen molar-refractivity contribution in [3.63, 3.8) is 0 Å². The van der Waals surface area contributed by atoms with Crippen LogP contribution in [0.5, 0.6) is 0 Å². The minimum absolute atomic E-state index is 0.613. The summed E-state index contributed by atoms with van der Waals surface area (Å²) in [5.41, 5.74) is 0. The number of alkyl halides is 3. The molecule has 0 saturated heterocycles. The number of thiophene rings is 1. The van der Waals surface area contributed by atoms with Crippen LogP contribution in [-0.4, -0.2) is 12.1 Å². The molecule has 0 aromatic carbocycles. The summed E-state index contributed by atoms with van der Waals surface area (Å²) in [5, 5.41) is 1.90. The highest BCUT2D eigenvalue weighted by atomic mass is 32.1. The van der Waals surface area contributed by atoms with Crippen LogP contribution in [0.25, 0.3) is 0 Å². The molecule has 15 heavy (non-hydrogen) atoms. The van der Waals surface area contributed by atoms with E-state index < -0.39 is 18.1 Å². The highest BCUT2D eigenvalue weighted by Crippen LogP contribution is 2.24. The third-order valence-corrected chi connectivity index (χ3v) is 2.98. The quantitative estimate of drug-likeness (QED) is 0.842.